The lowest BCUT2D eigenvalue weighted by Crippen LogP contribution is -2.08. The lowest BCUT2D eigenvalue weighted by molar-refractivity contribution is 0.364. The Morgan fingerprint density at radius 1 is 1.42 bits per heavy atom. The van der Waals surface area contributed by atoms with Crippen LogP contribution in [0.5, 0.6) is 0 Å². The van der Waals surface area contributed by atoms with Crippen LogP contribution in [0.25, 0.3) is 0 Å². The van der Waals surface area contributed by atoms with Crippen molar-refractivity contribution in [1.82, 2.24) is 14.7 Å². The number of hydrogen-bond acceptors (Lipinski definition) is 4. The van der Waals surface area contributed by atoms with Crippen LogP contribution < -0.4 is 5.73 Å². The molecule has 0 fully saturated rings. The van der Waals surface area contributed by atoms with Gasteiger partial charge in [0.05, 0.1) is 0 Å². The summed E-state index contributed by atoms with van der Waals surface area (Å²) in [6, 6.07) is 2.17. The van der Waals surface area contributed by atoms with Gasteiger partial charge in [0, 0.05) is 24.4 Å². The Labute approximate surface area is 113 Å². The van der Waals surface area contributed by atoms with E-state index in [2.05, 4.69) is 29.3 Å². The summed E-state index contributed by atoms with van der Waals surface area (Å²) in [7, 11) is 0. The third kappa shape index (κ3) is 3.44. The number of nitrogens with zero attached hydrogens (tertiary/aromatic N) is 3. The maximum atomic E-state index is 6.09. The summed E-state index contributed by atoms with van der Waals surface area (Å²) in [5, 5.41) is 3.96. The molecule has 1 unspecified atom stereocenters. The third-order valence-corrected chi connectivity index (χ3v) is 3.12. The fourth-order valence-electron chi connectivity index (χ4n) is 1.98. The van der Waals surface area contributed by atoms with Crippen molar-refractivity contribution in [2.24, 2.45) is 5.73 Å². The van der Waals surface area contributed by atoms with Gasteiger partial charge in [-0.05, 0) is 18.1 Å². The second-order valence-electron chi connectivity index (χ2n) is 5.21. The second-order valence-corrected chi connectivity index (χ2v) is 5.21. The van der Waals surface area contributed by atoms with E-state index in [0.717, 1.165) is 24.2 Å². The Hall–Kier alpha value is -1.62. The lowest BCUT2D eigenvalue weighted by Gasteiger charge is -2.07. The van der Waals surface area contributed by atoms with Crippen molar-refractivity contribution >= 4 is 0 Å². The van der Waals surface area contributed by atoms with Crippen molar-refractivity contribution < 1.29 is 4.52 Å². The molecule has 2 heterocycles. The molecule has 2 N–H and O–H groups in total. The standard InChI is InChI=1S/C14H22N4O/c1-4-5-12(15)11-6-7-18(8-11)9-13-16-14(10(2)3)17-19-13/h6-8,10,12H,4-5,9,15H2,1-3H3. The Kier molecular flexibility index (Phi) is 4.37. The van der Waals surface area contributed by atoms with Gasteiger partial charge in [-0.3, -0.25) is 0 Å². The second kappa shape index (κ2) is 6.02. The Bertz CT molecular complexity index is 515. The van der Waals surface area contributed by atoms with Gasteiger partial charge < -0.3 is 14.8 Å². The molecule has 0 aliphatic heterocycles. The summed E-state index contributed by atoms with van der Waals surface area (Å²) in [6.07, 6.45) is 6.15. The first kappa shape index (κ1) is 13.8. The molecule has 2 aromatic rings. The van der Waals surface area contributed by atoms with E-state index >= 15 is 0 Å². The van der Waals surface area contributed by atoms with Gasteiger partial charge in [-0.15, -0.1) is 0 Å². The van der Waals surface area contributed by atoms with Crippen LogP contribution in [0.15, 0.2) is 23.0 Å². The molecule has 5 heteroatoms. The predicted octanol–water partition coefficient (Wildman–Crippen LogP) is 2.84. The van der Waals surface area contributed by atoms with Crippen molar-refractivity contribution in [3.63, 3.8) is 0 Å². The van der Waals surface area contributed by atoms with Crippen molar-refractivity contribution in [2.45, 2.75) is 52.1 Å². The fraction of sp³-hybridized carbons (Fsp3) is 0.571. The molecule has 104 valence electrons. The van der Waals surface area contributed by atoms with Gasteiger partial charge in [0.15, 0.2) is 5.82 Å². The third-order valence-electron chi connectivity index (χ3n) is 3.12. The highest BCUT2D eigenvalue weighted by Crippen LogP contribution is 2.17. The summed E-state index contributed by atoms with van der Waals surface area (Å²) >= 11 is 0. The molecule has 2 aromatic heterocycles. The Morgan fingerprint density at radius 3 is 2.84 bits per heavy atom. The first-order chi connectivity index (χ1) is 9.10. The van der Waals surface area contributed by atoms with E-state index in [0.29, 0.717) is 12.4 Å². The number of aromatic nitrogens is 3. The number of rotatable bonds is 6. The van der Waals surface area contributed by atoms with E-state index in [-0.39, 0.29) is 12.0 Å². The molecule has 0 amide bonds. The molecule has 0 saturated heterocycles. The molecular formula is C14H22N4O. The van der Waals surface area contributed by atoms with E-state index in [1.165, 1.54) is 0 Å². The molecule has 0 saturated carbocycles. The number of nitrogens with two attached hydrogens (primary N) is 1. The first-order valence-corrected chi connectivity index (χ1v) is 6.84. The van der Waals surface area contributed by atoms with Crippen LogP contribution in [0.4, 0.5) is 0 Å². The van der Waals surface area contributed by atoms with Crippen LogP contribution in [-0.4, -0.2) is 14.7 Å². The normalized spacial score (nSPS) is 13.1. The summed E-state index contributed by atoms with van der Waals surface area (Å²) < 4.78 is 7.26. The van der Waals surface area contributed by atoms with E-state index in [1.54, 1.807) is 0 Å². The van der Waals surface area contributed by atoms with Crippen LogP contribution >= 0.6 is 0 Å². The Morgan fingerprint density at radius 2 is 2.21 bits per heavy atom. The highest BCUT2D eigenvalue weighted by molar-refractivity contribution is 5.15. The fourth-order valence-corrected chi connectivity index (χ4v) is 1.98. The van der Waals surface area contributed by atoms with Crippen molar-refractivity contribution in [3.05, 3.63) is 35.7 Å². The summed E-state index contributed by atoms with van der Waals surface area (Å²) in [6.45, 7) is 6.83. The summed E-state index contributed by atoms with van der Waals surface area (Å²) in [5.41, 5.74) is 7.25. The largest absolute Gasteiger partial charge is 0.345 e. The predicted molar refractivity (Wildman–Crippen MR) is 73.8 cm³/mol. The zero-order valence-electron chi connectivity index (χ0n) is 11.8. The SMILES string of the molecule is CCCC(N)c1ccn(Cc2nc(C(C)C)no2)c1. The molecule has 0 aliphatic rings. The van der Waals surface area contributed by atoms with E-state index in [9.17, 15) is 0 Å². The molecule has 2 rings (SSSR count). The molecular weight excluding hydrogens is 240 g/mol. The summed E-state index contributed by atoms with van der Waals surface area (Å²) in [5.74, 6) is 1.68. The minimum Gasteiger partial charge on any atom is -0.345 e. The van der Waals surface area contributed by atoms with Gasteiger partial charge in [0.2, 0.25) is 5.89 Å². The molecule has 0 spiro atoms. The topological polar surface area (TPSA) is 69.9 Å². The maximum Gasteiger partial charge on any atom is 0.246 e. The zero-order chi connectivity index (χ0) is 13.8. The van der Waals surface area contributed by atoms with Gasteiger partial charge in [0.25, 0.3) is 0 Å². The average molecular weight is 262 g/mol. The van der Waals surface area contributed by atoms with Crippen LogP contribution in [0.2, 0.25) is 0 Å². The monoisotopic (exact) mass is 262 g/mol. The molecule has 0 radical (unpaired) electrons. The molecule has 0 bridgehead atoms. The van der Waals surface area contributed by atoms with E-state index in [1.807, 2.05) is 24.6 Å². The van der Waals surface area contributed by atoms with E-state index < -0.39 is 0 Å². The van der Waals surface area contributed by atoms with Crippen LogP contribution in [0, 0.1) is 0 Å². The van der Waals surface area contributed by atoms with Crippen molar-refractivity contribution in [3.8, 4) is 0 Å². The Balaban J connectivity index is 2.02. The van der Waals surface area contributed by atoms with Gasteiger partial charge >= 0.3 is 0 Å². The molecule has 1 atom stereocenters. The highest BCUT2D eigenvalue weighted by atomic mass is 16.5. The highest BCUT2D eigenvalue weighted by Gasteiger charge is 2.11. The minimum absolute atomic E-state index is 0.111. The van der Waals surface area contributed by atoms with Crippen LogP contribution in [0.1, 0.15) is 62.9 Å². The molecule has 0 aliphatic carbocycles. The summed E-state index contributed by atoms with van der Waals surface area (Å²) in [4.78, 5) is 4.37. The van der Waals surface area contributed by atoms with Crippen molar-refractivity contribution in [1.29, 1.82) is 0 Å². The van der Waals surface area contributed by atoms with E-state index in [4.69, 9.17) is 10.3 Å². The van der Waals surface area contributed by atoms with Gasteiger partial charge in [-0.2, -0.15) is 4.98 Å². The zero-order valence-corrected chi connectivity index (χ0v) is 11.8. The minimum atomic E-state index is 0.111. The molecule has 5 nitrogen and oxygen atoms in total. The first-order valence-electron chi connectivity index (χ1n) is 6.84. The smallest absolute Gasteiger partial charge is 0.246 e. The van der Waals surface area contributed by atoms with Crippen molar-refractivity contribution in [2.75, 3.05) is 0 Å². The van der Waals surface area contributed by atoms with Gasteiger partial charge in [0.1, 0.15) is 6.54 Å². The maximum absolute atomic E-state index is 6.09. The average Bonchev–Trinajstić information content (AvgIpc) is 2.99. The number of hydrogen-bond donors (Lipinski definition) is 1. The van der Waals surface area contributed by atoms with Crippen LogP contribution in [-0.2, 0) is 6.54 Å². The molecule has 0 aromatic carbocycles. The lowest BCUT2D eigenvalue weighted by atomic mass is 10.1. The quantitative estimate of drug-likeness (QED) is 0.869. The molecule has 19 heavy (non-hydrogen) atoms. The van der Waals surface area contributed by atoms with Gasteiger partial charge in [-0.1, -0.05) is 32.3 Å². The van der Waals surface area contributed by atoms with Gasteiger partial charge in [-0.25, -0.2) is 0 Å². The van der Waals surface area contributed by atoms with Crippen LogP contribution in [0.3, 0.4) is 0 Å².